The number of hydrogen-bond acceptors (Lipinski definition) is 5. The van der Waals surface area contributed by atoms with Crippen LogP contribution in [0.4, 0.5) is 11.6 Å². The van der Waals surface area contributed by atoms with Crippen molar-refractivity contribution in [1.82, 2.24) is 24.6 Å². The molecule has 1 aliphatic rings. The lowest BCUT2D eigenvalue weighted by molar-refractivity contribution is 0.244. The number of aromatic nitrogens is 4. The fraction of sp³-hybridized carbons (Fsp3) is 0.381. The van der Waals surface area contributed by atoms with Gasteiger partial charge in [-0.05, 0) is 57.0 Å². The van der Waals surface area contributed by atoms with E-state index in [1.807, 2.05) is 36.0 Å². The van der Waals surface area contributed by atoms with Gasteiger partial charge in [0.25, 0.3) is 0 Å². The number of nitrogens with one attached hydrogen (secondary N) is 1. The lowest BCUT2D eigenvalue weighted by atomic mass is 10.1. The van der Waals surface area contributed by atoms with Crippen molar-refractivity contribution >= 4 is 11.6 Å². The molecule has 0 radical (unpaired) electrons. The van der Waals surface area contributed by atoms with Gasteiger partial charge in [-0.15, -0.1) is 0 Å². The van der Waals surface area contributed by atoms with Crippen LogP contribution in [0.25, 0.3) is 0 Å². The van der Waals surface area contributed by atoms with Gasteiger partial charge in [0.15, 0.2) is 0 Å². The topological polar surface area (TPSA) is 58.9 Å². The highest BCUT2D eigenvalue weighted by Gasteiger charge is 2.27. The Bertz CT molecular complexity index is 903. The molecular weight excluding hydrogens is 336 g/mol. The Kier molecular flexibility index (Phi) is 5.16. The molecule has 4 rings (SSSR count). The second kappa shape index (κ2) is 7.88. The van der Waals surface area contributed by atoms with Crippen molar-refractivity contribution in [1.29, 1.82) is 0 Å². The average molecular weight is 362 g/mol. The Morgan fingerprint density at radius 3 is 2.96 bits per heavy atom. The number of pyridine rings is 2. The van der Waals surface area contributed by atoms with Gasteiger partial charge in [0.05, 0.1) is 17.9 Å². The predicted molar refractivity (Wildman–Crippen MR) is 107 cm³/mol. The molecule has 6 heteroatoms. The number of aryl methyl sites for hydroxylation is 2. The zero-order chi connectivity index (χ0) is 18.6. The van der Waals surface area contributed by atoms with E-state index in [4.69, 9.17) is 4.98 Å². The molecule has 3 aromatic rings. The van der Waals surface area contributed by atoms with E-state index in [9.17, 15) is 0 Å². The number of nitrogens with zero attached hydrogens (tertiary/aromatic N) is 5. The summed E-state index contributed by atoms with van der Waals surface area (Å²) in [5, 5.41) is 7.76. The lowest BCUT2D eigenvalue weighted by Crippen LogP contribution is -2.23. The first-order chi connectivity index (χ1) is 13.2. The zero-order valence-electron chi connectivity index (χ0n) is 16.0. The minimum Gasteiger partial charge on any atom is -0.325 e. The Morgan fingerprint density at radius 2 is 2.15 bits per heavy atom. The fourth-order valence-electron chi connectivity index (χ4n) is 3.69. The summed E-state index contributed by atoms with van der Waals surface area (Å²) in [4.78, 5) is 11.8. The van der Waals surface area contributed by atoms with Crippen LogP contribution in [-0.2, 0) is 13.1 Å². The molecule has 0 aromatic carbocycles. The molecule has 140 valence electrons. The molecule has 1 aliphatic heterocycles. The van der Waals surface area contributed by atoms with Crippen LogP contribution in [0, 0.1) is 6.92 Å². The summed E-state index contributed by atoms with van der Waals surface area (Å²) in [6.45, 7) is 7.09. The van der Waals surface area contributed by atoms with Crippen LogP contribution < -0.4 is 5.32 Å². The summed E-state index contributed by atoms with van der Waals surface area (Å²) in [6, 6.07) is 10.6. The Morgan fingerprint density at radius 1 is 1.22 bits per heavy atom. The molecule has 3 aromatic heterocycles. The normalized spacial score (nSPS) is 17.3. The van der Waals surface area contributed by atoms with Crippen LogP contribution in [0.1, 0.15) is 42.6 Å². The summed E-state index contributed by atoms with van der Waals surface area (Å²) < 4.78 is 1.98. The highest BCUT2D eigenvalue weighted by Crippen LogP contribution is 2.32. The number of likely N-dealkylation sites (tertiary alicyclic amines) is 1. The van der Waals surface area contributed by atoms with Gasteiger partial charge < -0.3 is 5.32 Å². The third kappa shape index (κ3) is 4.01. The third-order valence-corrected chi connectivity index (χ3v) is 5.13. The predicted octanol–water partition coefficient (Wildman–Crippen LogP) is 4.08. The van der Waals surface area contributed by atoms with Crippen LogP contribution in [0.3, 0.4) is 0 Å². The molecule has 0 bridgehead atoms. The molecule has 1 N–H and O–H groups in total. The number of rotatable bonds is 6. The molecule has 0 saturated carbocycles. The highest BCUT2D eigenvalue weighted by molar-refractivity contribution is 5.55. The van der Waals surface area contributed by atoms with Gasteiger partial charge in [-0.25, -0.2) is 9.97 Å². The van der Waals surface area contributed by atoms with Crippen molar-refractivity contribution in [3.63, 3.8) is 0 Å². The molecule has 4 heterocycles. The van der Waals surface area contributed by atoms with E-state index in [0.717, 1.165) is 48.9 Å². The molecule has 1 saturated heterocycles. The Hall–Kier alpha value is -2.73. The first-order valence-electron chi connectivity index (χ1n) is 9.64. The molecular formula is C21H26N6. The fourth-order valence-corrected chi connectivity index (χ4v) is 3.69. The molecule has 6 nitrogen and oxygen atoms in total. The lowest BCUT2D eigenvalue weighted by Gasteiger charge is -2.24. The van der Waals surface area contributed by atoms with E-state index >= 15 is 0 Å². The van der Waals surface area contributed by atoms with Crippen molar-refractivity contribution in [3.05, 3.63) is 65.7 Å². The molecule has 0 spiro atoms. The Balaban J connectivity index is 1.51. The number of anilines is 2. The van der Waals surface area contributed by atoms with Gasteiger partial charge in [0.1, 0.15) is 11.6 Å². The minimum atomic E-state index is 0.349. The largest absolute Gasteiger partial charge is 0.325 e. The first-order valence-corrected chi connectivity index (χ1v) is 9.64. The second-order valence-corrected chi connectivity index (χ2v) is 7.07. The van der Waals surface area contributed by atoms with E-state index in [-0.39, 0.29) is 0 Å². The zero-order valence-corrected chi connectivity index (χ0v) is 16.0. The van der Waals surface area contributed by atoms with E-state index in [1.54, 1.807) is 6.20 Å². The van der Waals surface area contributed by atoms with Crippen LogP contribution in [-0.4, -0.2) is 31.2 Å². The average Bonchev–Trinajstić information content (AvgIpc) is 3.33. The molecule has 1 fully saturated rings. The molecule has 0 aliphatic carbocycles. The van der Waals surface area contributed by atoms with E-state index < -0.39 is 0 Å². The second-order valence-electron chi connectivity index (χ2n) is 7.07. The molecule has 27 heavy (non-hydrogen) atoms. The quantitative estimate of drug-likeness (QED) is 0.716. The van der Waals surface area contributed by atoms with E-state index in [0.29, 0.717) is 6.04 Å². The third-order valence-electron chi connectivity index (χ3n) is 5.13. The maximum absolute atomic E-state index is 4.89. The highest BCUT2D eigenvalue weighted by atomic mass is 15.3. The smallest absolute Gasteiger partial charge is 0.134 e. The van der Waals surface area contributed by atoms with Crippen molar-refractivity contribution in [2.24, 2.45) is 0 Å². The van der Waals surface area contributed by atoms with Gasteiger partial charge in [-0.1, -0.05) is 12.1 Å². The number of hydrogen-bond donors (Lipinski definition) is 1. The van der Waals surface area contributed by atoms with Crippen LogP contribution >= 0.6 is 0 Å². The Labute approximate surface area is 160 Å². The van der Waals surface area contributed by atoms with Crippen LogP contribution in [0.5, 0.6) is 0 Å². The molecule has 1 atom stereocenters. The van der Waals surface area contributed by atoms with E-state index in [1.165, 1.54) is 12.0 Å². The summed E-state index contributed by atoms with van der Waals surface area (Å²) in [5.41, 5.74) is 3.50. The van der Waals surface area contributed by atoms with Gasteiger partial charge in [-0.2, -0.15) is 5.10 Å². The van der Waals surface area contributed by atoms with Crippen LogP contribution in [0.2, 0.25) is 0 Å². The van der Waals surface area contributed by atoms with Gasteiger partial charge >= 0.3 is 0 Å². The van der Waals surface area contributed by atoms with Crippen LogP contribution in [0.15, 0.2) is 48.9 Å². The molecule has 1 unspecified atom stereocenters. The molecule has 0 amide bonds. The van der Waals surface area contributed by atoms with Gasteiger partial charge in [0.2, 0.25) is 0 Å². The SMILES string of the molecule is CCn1cc(CN2CCCC2c2cccc(Nc3ncccc3C)n2)cn1. The monoisotopic (exact) mass is 362 g/mol. The summed E-state index contributed by atoms with van der Waals surface area (Å²) in [7, 11) is 0. The van der Waals surface area contributed by atoms with Crippen molar-refractivity contribution in [3.8, 4) is 0 Å². The summed E-state index contributed by atoms with van der Waals surface area (Å²) >= 11 is 0. The standard InChI is InChI=1S/C21H26N6/c1-3-27-15-17(13-23-27)14-26-12-6-9-19(26)18-8-4-10-20(24-18)25-21-16(2)7-5-11-22-21/h4-5,7-8,10-11,13,15,19H,3,6,9,12,14H2,1-2H3,(H,22,24,25). The summed E-state index contributed by atoms with van der Waals surface area (Å²) in [6.07, 6.45) is 8.26. The van der Waals surface area contributed by atoms with Gasteiger partial charge in [0, 0.05) is 31.0 Å². The van der Waals surface area contributed by atoms with Crippen molar-refractivity contribution in [2.45, 2.75) is 45.8 Å². The maximum Gasteiger partial charge on any atom is 0.134 e. The maximum atomic E-state index is 4.89. The summed E-state index contributed by atoms with van der Waals surface area (Å²) in [5.74, 6) is 1.71. The van der Waals surface area contributed by atoms with Gasteiger partial charge in [-0.3, -0.25) is 9.58 Å². The minimum absolute atomic E-state index is 0.349. The van der Waals surface area contributed by atoms with Crippen molar-refractivity contribution in [2.75, 3.05) is 11.9 Å². The van der Waals surface area contributed by atoms with Crippen molar-refractivity contribution < 1.29 is 0 Å². The first kappa shape index (κ1) is 17.7. The van der Waals surface area contributed by atoms with E-state index in [2.05, 4.69) is 45.6 Å².